The van der Waals surface area contributed by atoms with Crippen LogP contribution in [0.15, 0.2) is 48.5 Å². The molecule has 0 saturated heterocycles. The number of aryl methyl sites for hydroxylation is 1. The molecule has 0 spiro atoms. The van der Waals surface area contributed by atoms with Gasteiger partial charge in [0.2, 0.25) is 11.8 Å². The van der Waals surface area contributed by atoms with Crippen LogP contribution in [-0.2, 0) is 16.1 Å². The van der Waals surface area contributed by atoms with Gasteiger partial charge in [0.25, 0.3) is 0 Å². The van der Waals surface area contributed by atoms with Crippen molar-refractivity contribution in [1.82, 2.24) is 10.2 Å². The molecule has 2 rings (SSSR count). The van der Waals surface area contributed by atoms with E-state index in [2.05, 4.69) is 10.6 Å². The highest BCUT2D eigenvalue weighted by Gasteiger charge is 2.15. The highest BCUT2D eigenvalue weighted by Crippen LogP contribution is 2.14. The normalized spacial score (nSPS) is 10.7. The average molecular weight is 388 g/mol. The molecule has 0 fully saturated rings. The van der Waals surface area contributed by atoms with Crippen molar-refractivity contribution in [2.45, 2.75) is 26.8 Å². The smallest absolute Gasteiger partial charge is 0.238 e. The summed E-state index contributed by atoms with van der Waals surface area (Å²) < 4.78 is 0. The lowest BCUT2D eigenvalue weighted by Crippen LogP contribution is -2.41. The first kappa shape index (κ1) is 20.9. The lowest BCUT2D eigenvalue weighted by atomic mass is 10.2. The zero-order valence-corrected chi connectivity index (χ0v) is 16.6. The Kier molecular flexibility index (Phi) is 8.30. The molecule has 2 amide bonds. The Morgan fingerprint density at radius 2 is 1.67 bits per heavy atom. The fourth-order valence-electron chi connectivity index (χ4n) is 2.73. The Bertz CT molecular complexity index is 780. The van der Waals surface area contributed by atoms with E-state index in [0.717, 1.165) is 23.2 Å². The van der Waals surface area contributed by atoms with Crippen molar-refractivity contribution >= 4 is 29.1 Å². The van der Waals surface area contributed by atoms with Crippen LogP contribution in [0.2, 0.25) is 5.02 Å². The van der Waals surface area contributed by atoms with Crippen molar-refractivity contribution in [3.63, 3.8) is 0 Å². The minimum absolute atomic E-state index is 0.128. The van der Waals surface area contributed by atoms with Crippen molar-refractivity contribution in [3.05, 3.63) is 64.7 Å². The summed E-state index contributed by atoms with van der Waals surface area (Å²) in [6.07, 6.45) is 0.857. The molecule has 0 aliphatic heterocycles. The molecule has 6 heteroatoms. The first-order chi connectivity index (χ1) is 13.0. The minimum Gasteiger partial charge on any atom is -0.351 e. The summed E-state index contributed by atoms with van der Waals surface area (Å²) in [6, 6.07) is 15.0. The Balaban J connectivity index is 1.86. The van der Waals surface area contributed by atoms with Gasteiger partial charge in [-0.05, 0) is 43.1 Å². The number of nitrogens with one attached hydrogen (secondary N) is 2. The van der Waals surface area contributed by atoms with Crippen LogP contribution in [0.5, 0.6) is 0 Å². The van der Waals surface area contributed by atoms with Crippen LogP contribution in [0.25, 0.3) is 0 Å². The zero-order chi connectivity index (χ0) is 19.6. The van der Waals surface area contributed by atoms with E-state index in [0.29, 0.717) is 18.1 Å². The molecule has 0 radical (unpaired) electrons. The Morgan fingerprint density at radius 1 is 1.00 bits per heavy atom. The van der Waals surface area contributed by atoms with Gasteiger partial charge in [-0.25, -0.2) is 0 Å². The molecule has 0 atom stereocenters. The van der Waals surface area contributed by atoms with Gasteiger partial charge in [-0.15, -0.1) is 0 Å². The number of carbonyl (C=O) groups excluding carboxylic acids is 2. The van der Waals surface area contributed by atoms with Crippen molar-refractivity contribution in [1.29, 1.82) is 0 Å². The second kappa shape index (κ2) is 10.7. The highest BCUT2D eigenvalue weighted by atomic mass is 35.5. The molecule has 0 aliphatic carbocycles. The fraction of sp³-hybridized carbons (Fsp3) is 0.333. The number of hydrogen-bond donors (Lipinski definition) is 2. The van der Waals surface area contributed by atoms with Crippen LogP contribution in [0.1, 0.15) is 24.5 Å². The molecule has 144 valence electrons. The van der Waals surface area contributed by atoms with Crippen molar-refractivity contribution < 1.29 is 9.59 Å². The van der Waals surface area contributed by atoms with Gasteiger partial charge in [0.15, 0.2) is 0 Å². The Labute approximate surface area is 165 Å². The monoisotopic (exact) mass is 387 g/mol. The van der Waals surface area contributed by atoms with Gasteiger partial charge in [0.1, 0.15) is 0 Å². The van der Waals surface area contributed by atoms with Gasteiger partial charge >= 0.3 is 0 Å². The number of anilines is 1. The average Bonchev–Trinajstić information content (AvgIpc) is 2.63. The number of para-hydroxylation sites is 1. The van der Waals surface area contributed by atoms with Gasteiger partial charge in [0.05, 0.1) is 13.1 Å². The molecular weight excluding hydrogens is 362 g/mol. The van der Waals surface area contributed by atoms with E-state index >= 15 is 0 Å². The molecule has 0 heterocycles. The number of nitrogens with zero attached hydrogens (tertiary/aromatic N) is 1. The predicted molar refractivity (Wildman–Crippen MR) is 110 cm³/mol. The summed E-state index contributed by atoms with van der Waals surface area (Å²) in [7, 11) is 0. The highest BCUT2D eigenvalue weighted by molar-refractivity contribution is 6.31. The number of hydrogen-bond acceptors (Lipinski definition) is 3. The Morgan fingerprint density at radius 3 is 2.37 bits per heavy atom. The van der Waals surface area contributed by atoms with Crippen LogP contribution < -0.4 is 10.6 Å². The van der Waals surface area contributed by atoms with E-state index in [9.17, 15) is 9.59 Å². The molecule has 2 aromatic carbocycles. The van der Waals surface area contributed by atoms with E-state index in [1.54, 1.807) is 6.07 Å². The van der Waals surface area contributed by atoms with Gasteiger partial charge in [0, 0.05) is 17.3 Å². The van der Waals surface area contributed by atoms with Gasteiger partial charge < -0.3 is 10.6 Å². The van der Waals surface area contributed by atoms with Crippen LogP contribution in [0.4, 0.5) is 5.69 Å². The van der Waals surface area contributed by atoms with Crippen molar-refractivity contribution in [2.75, 3.05) is 25.0 Å². The number of amides is 2. The molecular formula is C21H26ClN3O2. The maximum atomic E-state index is 12.4. The molecule has 0 saturated carbocycles. The number of halogens is 1. The van der Waals surface area contributed by atoms with E-state index in [4.69, 9.17) is 11.6 Å². The quantitative estimate of drug-likeness (QED) is 0.690. The van der Waals surface area contributed by atoms with E-state index in [-0.39, 0.29) is 24.9 Å². The largest absolute Gasteiger partial charge is 0.351 e. The molecule has 0 bridgehead atoms. The second-order valence-corrected chi connectivity index (χ2v) is 6.85. The fourth-order valence-corrected chi connectivity index (χ4v) is 2.93. The van der Waals surface area contributed by atoms with Crippen LogP contribution in [0.3, 0.4) is 0 Å². The van der Waals surface area contributed by atoms with Crippen LogP contribution >= 0.6 is 11.6 Å². The third-order valence-electron chi connectivity index (χ3n) is 4.13. The topological polar surface area (TPSA) is 61.4 Å². The van der Waals surface area contributed by atoms with Crippen molar-refractivity contribution in [2.24, 2.45) is 0 Å². The summed E-state index contributed by atoms with van der Waals surface area (Å²) in [5.41, 5.74) is 2.67. The van der Waals surface area contributed by atoms with E-state index < -0.39 is 0 Å². The van der Waals surface area contributed by atoms with Gasteiger partial charge in [-0.1, -0.05) is 54.9 Å². The third kappa shape index (κ3) is 7.04. The van der Waals surface area contributed by atoms with E-state index in [1.165, 1.54) is 0 Å². The zero-order valence-electron chi connectivity index (χ0n) is 15.8. The summed E-state index contributed by atoms with van der Waals surface area (Å²) in [4.78, 5) is 26.5. The molecule has 0 aromatic heterocycles. The molecule has 2 aromatic rings. The van der Waals surface area contributed by atoms with Gasteiger partial charge in [-0.3, -0.25) is 14.5 Å². The number of rotatable bonds is 9. The molecule has 0 aliphatic rings. The van der Waals surface area contributed by atoms with E-state index in [1.807, 2.05) is 61.2 Å². The lowest BCUT2D eigenvalue weighted by molar-refractivity contribution is -0.123. The second-order valence-electron chi connectivity index (χ2n) is 6.44. The minimum atomic E-state index is -0.132. The lowest BCUT2D eigenvalue weighted by Gasteiger charge is -2.21. The van der Waals surface area contributed by atoms with Crippen LogP contribution in [-0.4, -0.2) is 36.3 Å². The summed E-state index contributed by atoms with van der Waals surface area (Å²) in [5, 5.41) is 6.40. The van der Waals surface area contributed by atoms with Crippen LogP contribution in [0, 0.1) is 6.92 Å². The number of carbonyl (C=O) groups is 2. The molecule has 5 nitrogen and oxygen atoms in total. The Hall–Kier alpha value is -2.37. The summed E-state index contributed by atoms with van der Waals surface area (Å²) >= 11 is 6.11. The standard InChI is InChI=1S/C21H26ClN3O2/c1-3-12-25(15-21(27)24-19-11-7-4-8-16(19)2)14-20(26)23-13-17-9-5-6-10-18(17)22/h4-11H,3,12-15H2,1-2H3,(H,23,26)(H,24,27). The van der Waals surface area contributed by atoms with Gasteiger partial charge in [-0.2, -0.15) is 0 Å². The maximum Gasteiger partial charge on any atom is 0.238 e. The molecule has 27 heavy (non-hydrogen) atoms. The molecule has 2 N–H and O–H groups in total. The number of benzene rings is 2. The summed E-state index contributed by atoms with van der Waals surface area (Å²) in [5.74, 6) is -0.260. The molecule has 0 unspecified atom stereocenters. The first-order valence-corrected chi connectivity index (χ1v) is 9.45. The predicted octanol–water partition coefficient (Wildman–Crippen LogP) is 3.62. The third-order valence-corrected chi connectivity index (χ3v) is 4.50. The SMILES string of the molecule is CCCN(CC(=O)NCc1ccccc1Cl)CC(=O)Nc1ccccc1C. The maximum absolute atomic E-state index is 12.4. The van der Waals surface area contributed by atoms with Crippen molar-refractivity contribution in [3.8, 4) is 0 Å². The summed E-state index contributed by atoms with van der Waals surface area (Å²) in [6.45, 7) is 5.34. The first-order valence-electron chi connectivity index (χ1n) is 9.07.